The zero-order valence-electron chi connectivity index (χ0n) is 43.2. The van der Waals surface area contributed by atoms with E-state index < -0.39 is 24.4 Å². The fraction of sp³-hybridized carbons (Fsp3) is 0.559. The lowest BCUT2D eigenvalue weighted by Crippen LogP contribution is -2.39. The minimum Gasteiger partial charge on any atom is -0.391 e. The zero-order valence-corrected chi connectivity index (χ0v) is 44.8. The van der Waals surface area contributed by atoms with E-state index in [1.165, 1.54) is 0 Å². The third-order valence-electron chi connectivity index (χ3n) is 10.3. The molecule has 4 unspecified atom stereocenters. The van der Waals surface area contributed by atoms with Gasteiger partial charge in [0.1, 0.15) is 0 Å². The van der Waals surface area contributed by atoms with Gasteiger partial charge in [-0.05, 0) is 103 Å². The van der Waals surface area contributed by atoms with Crippen molar-refractivity contribution >= 4 is 33.8 Å². The van der Waals surface area contributed by atoms with Crippen LogP contribution in [0.25, 0.3) is 0 Å². The Kier molecular flexibility index (Phi) is 48.6. The average Bonchev–Trinajstić information content (AvgIpc) is 3.31. The first-order valence-corrected chi connectivity index (χ1v) is 27.9. The molecular weight excluding hydrogens is 897 g/mol. The smallest absolute Gasteiger partial charge is 0.197 e. The number of aliphatic hydroxyl groups excluding tert-OH is 4. The molecule has 388 valence electrons. The van der Waals surface area contributed by atoms with E-state index in [1.54, 1.807) is 0 Å². The van der Waals surface area contributed by atoms with Gasteiger partial charge in [-0.2, -0.15) is 0 Å². The number of aliphatic hydroxyl groups is 4. The van der Waals surface area contributed by atoms with Gasteiger partial charge >= 0.3 is 0 Å². The number of allylic oxidation sites excluding steroid dienone is 20. The lowest BCUT2D eigenvalue weighted by molar-refractivity contribution is -0.117. The van der Waals surface area contributed by atoms with Crippen molar-refractivity contribution in [2.45, 2.75) is 161 Å². The summed E-state index contributed by atoms with van der Waals surface area (Å²) in [6, 6.07) is 0. The number of hydrogen-bond donors (Lipinski definition) is 4. The summed E-state index contributed by atoms with van der Waals surface area (Å²) < 4.78 is 0. The van der Waals surface area contributed by atoms with E-state index in [0.717, 1.165) is 101 Å². The Morgan fingerprint density at radius 3 is 0.768 bits per heavy atom. The van der Waals surface area contributed by atoms with Gasteiger partial charge in [-0.15, -0.1) is 0 Å². The van der Waals surface area contributed by atoms with Gasteiger partial charge in [-0.25, -0.2) is 0 Å². The molecule has 8 nitrogen and oxygen atoms in total. The second kappa shape index (κ2) is 51.0. The van der Waals surface area contributed by atoms with Gasteiger partial charge in [0.05, 0.1) is 30.8 Å². The molecule has 4 atom stereocenters. The minimum absolute atomic E-state index is 0.198. The summed E-state index contributed by atoms with van der Waals surface area (Å²) in [5.41, 5.74) is 0. The summed E-state index contributed by atoms with van der Waals surface area (Å²) in [5.74, 6) is 0.865. The SMILES string of the molecule is CC/C=C\C/C=C\C/C=C\CC(O)CN(CCSC(=O)CC(=O)SCCN(CC(O)C/C=C\C/C=C\C/C=C\CC)CC(O)C/C=C\C/C=C\C/C=C\CC)CC(O)C/C=C\C/C=C\C/C=C\CC. The first-order chi connectivity index (χ1) is 33.6. The average molecular weight is 992 g/mol. The Morgan fingerprint density at radius 2 is 0.551 bits per heavy atom. The molecule has 0 rings (SSSR count). The highest BCUT2D eigenvalue weighted by Gasteiger charge is 2.19. The highest BCUT2D eigenvalue weighted by Crippen LogP contribution is 2.15. The van der Waals surface area contributed by atoms with Crippen molar-refractivity contribution in [2.75, 3.05) is 50.8 Å². The van der Waals surface area contributed by atoms with Crippen LogP contribution in [-0.2, 0) is 9.59 Å². The maximum absolute atomic E-state index is 13.0. The van der Waals surface area contributed by atoms with Gasteiger partial charge in [0.2, 0.25) is 0 Å². The summed E-state index contributed by atoms with van der Waals surface area (Å²) >= 11 is 2.22. The van der Waals surface area contributed by atoms with Crippen LogP contribution in [-0.4, -0.2) is 116 Å². The molecule has 0 amide bonds. The van der Waals surface area contributed by atoms with Gasteiger partial charge < -0.3 is 20.4 Å². The number of thioether (sulfide) groups is 2. The van der Waals surface area contributed by atoms with E-state index in [1.807, 2.05) is 34.1 Å². The van der Waals surface area contributed by atoms with Crippen LogP contribution in [0.2, 0.25) is 0 Å². The predicted molar refractivity (Wildman–Crippen MR) is 303 cm³/mol. The molecule has 0 aliphatic carbocycles. The molecule has 0 heterocycles. The van der Waals surface area contributed by atoms with Gasteiger partial charge in [-0.3, -0.25) is 19.4 Å². The topological polar surface area (TPSA) is 122 Å². The van der Waals surface area contributed by atoms with Crippen molar-refractivity contribution in [3.05, 3.63) is 146 Å². The van der Waals surface area contributed by atoms with Crippen LogP contribution in [0.3, 0.4) is 0 Å². The molecule has 0 fully saturated rings. The third kappa shape index (κ3) is 48.1. The molecule has 10 heteroatoms. The van der Waals surface area contributed by atoms with Crippen molar-refractivity contribution < 1.29 is 30.0 Å². The maximum atomic E-state index is 13.0. The van der Waals surface area contributed by atoms with Crippen LogP contribution in [0.1, 0.15) is 137 Å². The number of hydrogen-bond acceptors (Lipinski definition) is 10. The predicted octanol–water partition coefficient (Wildman–Crippen LogP) is 12.9. The molecule has 0 aromatic rings. The lowest BCUT2D eigenvalue weighted by atomic mass is 10.1. The van der Waals surface area contributed by atoms with Crippen molar-refractivity contribution in [1.82, 2.24) is 9.80 Å². The van der Waals surface area contributed by atoms with E-state index in [2.05, 4.69) is 149 Å². The first kappa shape index (κ1) is 65.7. The summed E-state index contributed by atoms with van der Waals surface area (Å²) in [6.07, 6.45) is 60.6. The second-order valence-electron chi connectivity index (χ2n) is 16.9. The largest absolute Gasteiger partial charge is 0.391 e. The number of nitrogens with zero attached hydrogens (tertiary/aromatic N) is 2. The fourth-order valence-corrected chi connectivity index (χ4v) is 8.36. The Balaban J connectivity index is 5.31. The van der Waals surface area contributed by atoms with Crippen molar-refractivity contribution in [3.63, 3.8) is 0 Å². The molecule has 0 aliphatic rings. The van der Waals surface area contributed by atoms with Crippen molar-refractivity contribution in [2.24, 2.45) is 0 Å². The molecular formula is C59H94N2O6S2. The molecule has 0 radical (unpaired) electrons. The number of rotatable bonds is 44. The monoisotopic (exact) mass is 991 g/mol. The van der Waals surface area contributed by atoms with Crippen LogP contribution in [0.15, 0.2) is 146 Å². The van der Waals surface area contributed by atoms with Crippen molar-refractivity contribution in [1.29, 1.82) is 0 Å². The molecule has 0 spiro atoms. The van der Waals surface area contributed by atoms with E-state index in [9.17, 15) is 30.0 Å². The van der Waals surface area contributed by atoms with E-state index >= 15 is 0 Å². The highest BCUT2D eigenvalue weighted by molar-refractivity contribution is 8.15. The maximum Gasteiger partial charge on any atom is 0.197 e. The Hall–Kier alpha value is -3.32. The minimum atomic E-state index is -0.628. The molecule has 0 saturated carbocycles. The van der Waals surface area contributed by atoms with E-state index in [0.29, 0.717) is 76.5 Å². The van der Waals surface area contributed by atoms with Crippen LogP contribution >= 0.6 is 23.5 Å². The van der Waals surface area contributed by atoms with Crippen LogP contribution in [0.4, 0.5) is 0 Å². The fourth-order valence-electron chi connectivity index (χ4n) is 6.65. The van der Waals surface area contributed by atoms with Crippen LogP contribution in [0, 0.1) is 0 Å². The number of carbonyl (C=O) groups excluding carboxylic acids is 2. The van der Waals surface area contributed by atoms with E-state index in [4.69, 9.17) is 0 Å². The molecule has 0 bridgehead atoms. The first-order valence-electron chi connectivity index (χ1n) is 25.9. The molecule has 0 aromatic heterocycles. The standard InChI is InChI=1S/C59H94N2O6S2/c1-5-9-13-17-21-25-29-33-37-41-54(62)50-60(51-55(63)42-38-34-30-26-22-18-14-10-6-2)45-47-68-58(66)49-59(67)69-48-46-61(52-56(64)43-39-35-31-27-23-19-15-11-7-3)53-57(65)44-40-36-32-28-24-20-16-12-8-4/h9-16,21-28,33-40,54-57,62-65H,5-8,17-20,29-32,41-53H2,1-4H3/b13-9-,14-10-,15-11-,16-12-,25-21-,26-22-,27-23-,28-24-,37-33-,38-34-,39-35-,40-36-. The Labute approximate surface area is 429 Å². The summed E-state index contributed by atoms with van der Waals surface area (Å²) in [5, 5.41) is 43.3. The molecule has 0 aliphatic heterocycles. The van der Waals surface area contributed by atoms with Crippen LogP contribution < -0.4 is 0 Å². The lowest BCUT2D eigenvalue weighted by Gasteiger charge is -2.26. The highest BCUT2D eigenvalue weighted by atomic mass is 32.2. The second-order valence-corrected chi connectivity index (χ2v) is 19.2. The van der Waals surface area contributed by atoms with Crippen molar-refractivity contribution in [3.8, 4) is 0 Å². The Bertz CT molecular complexity index is 1390. The normalized spacial score (nSPS) is 15.1. The van der Waals surface area contributed by atoms with E-state index in [-0.39, 0.29) is 16.7 Å². The molecule has 0 saturated heterocycles. The summed E-state index contributed by atoms with van der Waals surface area (Å²) in [7, 11) is 0. The van der Waals surface area contributed by atoms with Crippen LogP contribution in [0.5, 0.6) is 0 Å². The van der Waals surface area contributed by atoms with Gasteiger partial charge in [-0.1, -0.05) is 197 Å². The van der Waals surface area contributed by atoms with Gasteiger partial charge in [0.15, 0.2) is 10.2 Å². The summed E-state index contributed by atoms with van der Waals surface area (Å²) in [4.78, 5) is 30.0. The Morgan fingerprint density at radius 1 is 0.348 bits per heavy atom. The quantitative estimate of drug-likeness (QED) is 0.0347. The molecule has 69 heavy (non-hydrogen) atoms. The summed E-state index contributed by atoms with van der Waals surface area (Å²) in [6.45, 7) is 10.9. The number of carbonyl (C=O) groups is 2. The third-order valence-corrected chi connectivity index (χ3v) is 12.0. The molecule has 4 N–H and O–H groups in total. The zero-order chi connectivity index (χ0) is 50.7. The molecule has 0 aromatic carbocycles. The van der Waals surface area contributed by atoms with Gasteiger partial charge in [0.25, 0.3) is 0 Å². The van der Waals surface area contributed by atoms with Gasteiger partial charge in [0, 0.05) is 50.8 Å².